The average molecular weight is 338 g/mol. The number of likely N-dealkylation sites (tertiary alicyclic amines) is 1. The fourth-order valence-corrected chi connectivity index (χ4v) is 3.48. The van der Waals surface area contributed by atoms with Crippen LogP contribution in [0.25, 0.3) is 0 Å². The molecular formula is C17H21ClFN3O. The minimum absolute atomic E-state index is 0.283. The third-order valence-corrected chi connectivity index (χ3v) is 4.93. The quantitative estimate of drug-likeness (QED) is 0.910. The number of halogens is 2. The van der Waals surface area contributed by atoms with Crippen molar-refractivity contribution in [2.45, 2.75) is 38.0 Å². The van der Waals surface area contributed by atoms with Gasteiger partial charge in [-0.1, -0.05) is 23.7 Å². The van der Waals surface area contributed by atoms with Gasteiger partial charge in [-0.3, -0.25) is 9.58 Å². The second-order valence-electron chi connectivity index (χ2n) is 6.13. The van der Waals surface area contributed by atoms with Crippen LogP contribution in [0.1, 0.15) is 36.6 Å². The molecule has 1 aromatic carbocycles. The Labute approximate surface area is 140 Å². The first-order chi connectivity index (χ1) is 11.0. The zero-order valence-electron chi connectivity index (χ0n) is 13.1. The Hall–Kier alpha value is -1.43. The second kappa shape index (κ2) is 6.99. The Balaban J connectivity index is 1.66. The first kappa shape index (κ1) is 16.4. The van der Waals surface area contributed by atoms with Gasteiger partial charge in [0, 0.05) is 19.6 Å². The summed E-state index contributed by atoms with van der Waals surface area (Å²) >= 11 is 6.19. The number of aliphatic hydroxyl groups is 1. The Kier molecular flexibility index (Phi) is 4.99. The maximum absolute atomic E-state index is 13.0. The van der Waals surface area contributed by atoms with Crippen molar-refractivity contribution < 1.29 is 9.50 Å². The van der Waals surface area contributed by atoms with E-state index in [4.69, 9.17) is 11.6 Å². The SMILES string of the molecule is Cn1ncc(Cl)c1CN1CCC[C@@H]1C[C@@H](O)c1ccc(F)cc1. The molecule has 0 aliphatic carbocycles. The molecule has 0 radical (unpaired) electrons. The van der Waals surface area contributed by atoms with Gasteiger partial charge in [0.1, 0.15) is 5.82 Å². The van der Waals surface area contributed by atoms with Crippen molar-refractivity contribution in [2.75, 3.05) is 6.54 Å². The van der Waals surface area contributed by atoms with E-state index in [1.165, 1.54) is 12.1 Å². The Bertz CT molecular complexity index is 639. The lowest BCUT2D eigenvalue weighted by Gasteiger charge is -2.26. The van der Waals surface area contributed by atoms with E-state index in [1.54, 1.807) is 23.0 Å². The molecule has 1 aromatic heterocycles. The molecule has 3 rings (SSSR count). The maximum atomic E-state index is 13.0. The van der Waals surface area contributed by atoms with Gasteiger partial charge in [0.25, 0.3) is 0 Å². The minimum Gasteiger partial charge on any atom is -0.388 e. The normalized spacial score (nSPS) is 20.1. The molecule has 23 heavy (non-hydrogen) atoms. The molecule has 4 nitrogen and oxygen atoms in total. The van der Waals surface area contributed by atoms with Crippen LogP contribution in [0, 0.1) is 5.82 Å². The average Bonchev–Trinajstić information content (AvgIpc) is 3.09. The molecule has 0 amide bonds. The highest BCUT2D eigenvalue weighted by Gasteiger charge is 2.28. The van der Waals surface area contributed by atoms with Crippen LogP contribution in [-0.4, -0.2) is 32.4 Å². The van der Waals surface area contributed by atoms with Gasteiger partial charge in [0.15, 0.2) is 0 Å². The van der Waals surface area contributed by atoms with Crippen LogP contribution in [0.3, 0.4) is 0 Å². The van der Waals surface area contributed by atoms with Crippen molar-refractivity contribution in [1.82, 2.24) is 14.7 Å². The molecule has 0 bridgehead atoms. The molecule has 2 aromatic rings. The smallest absolute Gasteiger partial charge is 0.123 e. The largest absolute Gasteiger partial charge is 0.388 e. The summed E-state index contributed by atoms with van der Waals surface area (Å²) in [6.45, 7) is 1.72. The summed E-state index contributed by atoms with van der Waals surface area (Å²) in [6, 6.07) is 6.37. The van der Waals surface area contributed by atoms with Crippen LogP contribution in [0.4, 0.5) is 4.39 Å². The highest BCUT2D eigenvalue weighted by molar-refractivity contribution is 6.31. The molecule has 0 unspecified atom stereocenters. The van der Waals surface area contributed by atoms with E-state index in [1.807, 2.05) is 7.05 Å². The standard InChI is InChI=1S/C17H21ClFN3O/c1-21-16(15(18)10-20-21)11-22-8-2-3-14(22)9-17(23)12-4-6-13(19)7-5-12/h4-7,10,14,17,23H,2-3,8-9,11H2,1H3/t14-,17-/m1/s1. The summed E-state index contributed by atoms with van der Waals surface area (Å²) in [5.41, 5.74) is 1.76. The highest BCUT2D eigenvalue weighted by atomic mass is 35.5. The fourth-order valence-electron chi connectivity index (χ4n) is 3.26. The van der Waals surface area contributed by atoms with Gasteiger partial charge >= 0.3 is 0 Å². The molecule has 1 saturated heterocycles. The first-order valence-corrected chi connectivity index (χ1v) is 8.26. The van der Waals surface area contributed by atoms with Crippen molar-refractivity contribution in [3.8, 4) is 0 Å². The molecule has 0 saturated carbocycles. The molecule has 6 heteroatoms. The van der Waals surface area contributed by atoms with E-state index >= 15 is 0 Å². The van der Waals surface area contributed by atoms with Crippen LogP contribution >= 0.6 is 11.6 Å². The summed E-state index contributed by atoms with van der Waals surface area (Å²) in [6.07, 6.45) is 3.88. The molecule has 1 N–H and O–H groups in total. The Morgan fingerprint density at radius 3 is 2.78 bits per heavy atom. The fraction of sp³-hybridized carbons (Fsp3) is 0.471. The lowest BCUT2D eigenvalue weighted by atomic mass is 10.0. The molecular weight excluding hydrogens is 317 g/mol. The third kappa shape index (κ3) is 3.74. The van der Waals surface area contributed by atoms with E-state index in [0.717, 1.165) is 37.2 Å². The molecule has 0 spiro atoms. The third-order valence-electron chi connectivity index (χ3n) is 4.61. The van der Waals surface area contributed by atoms with Crippen LogP contribution in [0.5, 0.6) is 0 Å². The molecule has 1 aliphatic rings. The summed E-state index contributed by atoms with van der Waals surface area (Å²) in [7, 11) is 1.89. The lowest BCUT2D eigenvalue weighted by molar-refractivity contribution is 0.117. The topological polar surface area (TPSA) is 41.3 Å². The minimum atomic E-state index is -0.580. The van der Waals surface area contributed by atoms with Gasteiger partial charge in [-0.15, -0.1) is 0 Å². The number of aromatic nitrogens is 2. The zero-order chi connectivity index (χ0) is 16.4. The predicted octanol–water partition coefficient (Wildman–Crippen LogP) is 3.30. The Morgan fingerprint density at radius 2 is 2.13 bits per heavy atom. The number of rotatable bonds is 5. The van der Waals surface area contributed by atoms with E-state index in [-0.39, 0.29) is 5.82 Å². The van der Waals surface area contributed by atoms with Gasteiger partial charge in [-0.2, -0.15) is 5.10 Å². The van der Waals surface area contributed by atoms with Crippen molar-refractivity contribution in [3.63, 3.8) is 0 Å². The zero-order valence-corrected chi connectivity index (χ0v) is 13.9. The number of hydrogen-bond acceptors (Lipinski definition) is 3. The van der Waals surface area contributed by atoms with Crippen LogP contribution in [0.15, 0.2) is 30.5 Å². The van der Waals surface area contributed by atoms with Gasteiger partial charge in [0.05, 0.1) is 23.0 Å². The van der Waals surface area contributed by atoms with Gasteiger partial charge < -0.3 is 5.11 Å². The first-order valence-electron chi connectivity index (χ1n) is 7.88. The lowest BCUT2D eigenvalue weighted by Crippen LogP contribution is -2.31. The Morgan fingerprint density at radius 1 is 1.39 bits per heavy atom. The molecule has 124 valence electrons. The highest BCUT2D eigenvalue weighted by Crippen LogP contribution is 2.29. The number of hydrogen-bond donors (Lipinski definition) is 1. The molecule has 2 heterocycles. The molecule has 1 aliphatic heterocycles. The van der Waals surface area contributed by atoms with Crippen molar-refractivity contribution >= 4 is 11.6 Å². The van der Waals surface area contributed by atoms with Gasteiger partial charge in [0.2, 0.25) is 0 Å². The number of nitrogens with zero attached hydrogens (tertiary/aromatic N) is 3. The van der Waals surface area contributed by atoms with Gasteiger partial charge in [-0.25, -0.2) is 4.39 Å². The van der Waals surface area contributed by atoms with E-state index < -0.39 is 6.10 Å². The predicted molar refractivity (Wildman–Crippen MR) is 87.6 cm³/mol. The van der Waals surface area contributed by atoms with Crippen molar-refractivity contribution in [3.05, 3.63) is 52.6 Å². The van der Waals surface area contributed by atoms with E-state index in [9.17, 15) is 9.50 Å². The monoisotopic (exact) mass is 337 g/mol. The molecule has 1 fully saturated rings. The number of aliphatic hydroxyl groups excluding tert-OH is 1. The summed E-state index contributed by atoms with van der Waals surface area (Å²) < 4.78 is 14.8. The van der Waals surface area contributed by atoms with Gasteiger partial charge in [-0.05, 0) is 43.5 Å². The van der Waals surface area contributed by atoms with E-state index in [0.29, 0.717) is 17.5 Å². The summed E-state index contributed by atoms with van der Waals surface area (Å²) in [5, 5.41) is 15.3. The van der Waals surface area contributed by atoms with Crippen molar-refractivity contribution in [1.29, 1.82) is 0 Å². The van der Waals surface area contributed by atoms with Crippen LogP contribution < -0.4 is 0 Å². The number of aryl methyl sites for hydroxylation is 1. The number of benzene rings is 1. The second-order valence-corrected chi connectivity index (χ2v) is 6.54. The summed E-state index contributed by atoms with van der Waals surface area (Å²) in [5.74, 6) is -0.283. The van der Waals surface area contributed by atoms with Crippen LogP contribution in [-0.2, 0) is 13.6 Å². The molecule has 2 atom stereocenters. The maximum Gasteiger partial charge on any atom is 0.123 e. The van der Waals surface area contributed by atoms with Crippen molar-refractivity contribution in [2.24, 2.45) is 7.05 Å². The summed E-state index contributed by atoms with van der Waals surface area (Å²) in [4.78, 5) is 2.34. The van der Waals surface area contributed by atoms with E-state index in [2.05, 4.69) is 10.00 Å². The van der Waals surface area contributed by atoms with Crippen LogP contribution in [0.2, 0.25) is 5.02 Å².